The Labute approximate surface area is 326 Å². The molecule has 0 radical (unpaired) electrons. The van der Waals surface area contributed by atoms with E-state index >= 15 is 0 Å². The monoisotopic (exact) mass is 741 g/mol. The molecule has 1 unspecified atom stereocenters. The maximum atomic E-state index is 12.7. The molecule has 0 saturated carbocycles. The lowest BCUT2D eigenvalue weighted by molar-refractivity contribution is -0.166. The molecule has 53 heavy (non-hydrogen) atoms. The van der Waals surface area contributed by atoms with Crippen LogP contribution >= 0.6 is 0 Å². The molecule has 6 heteroatoms. The molecule has 0 aliphatic carbocycles. The van der Waals surface area contributed by atoms with Gasteiger partial charge < -0.3 is 14.2 Å². The number of hydrogen-bond acceptors (Lipinski definition) is 6. The topological polar surface area (TPSA) is 78.9 Å². The molecule has 6 nitrogen and oxygen atoms in total. The number of carbonyl (C=O) groups is 3. The van der Waals surface area contributed by atoms with Gasteiger partial charge in [-0.2, -0.15) is 0 Å². The molecule has 0 N–H and O–H groups in total. The average Bonchev–Trinajstić information content (AvgIpc) is 3.15. The summed E-state index contributed by atoms with van der Waals surface area (Å²) in [5.41, 5.74) is 0. The third kappa shape index (κ3) is 40.1. The molecule has 0 spiro atoms. The van der Waals surface area contributed by atoms with Crippen molar-refractivity contribution in [3.8, 4) is 0 Å². The third-order valence-electron chi connectivity index (χ3n) is 8.99. The molecule has 0 amide bonds. The molecule has 1 atom stereocenters. The maximum Gasteiger partial charge on any atom is 0.306 e. The molecule has 0 bridgehead atoms. The van der Waals surface area contributed by atoms with Crippen molar-refractivity contribution in [3.05, 3.63) is 60.8 Å². The first-order chi connectivity index (χ1) is 26.0. The highest BCUT2D eigenvalue weighted by Crippen LogP contribution is 2.11. The first kappa shape index (κ1) is 50.1. The molecular formula is C47H80O6. The van der Waals surface area contributed by atoms with E-state index in [0.29, 0.717) is 19.3 Å². The van der Waals surface area contributed by atoms with Crippen molar-refractivity contribution < 1.29 is 28.6 Å². The largest absolute Gasteiger partial charge is 0.462 e. The summed E-state index contributed by atoms with van der Waals surface area (Å²) in [5, 5.41) is 0. The Morgan fingerprint density at radius 1 is 0.396 bits per heavy atom. The Bertz CT molecular complexity index is 991. The van der Waals surface area contributed by atoms with Crippen molar-refractivity contribution in [1.29, 1.82) is 0 Å². The minimum Gasteiger partial charge on any atom is -0.462 e. The number of hydrogen-bond donors (Lipinski definition) is 0. The van der Waals surface area contributed by atoms with Crippen LogP contribution in [0.25, 0.3) is 0 Å². The smallest absolute Gasteiger partial charge is 0.306 e. The van der Waals surface area contributed by atoms with Crippen molar-refractivity contribution in [3.63, 3.8) is 0 Å². The van der Waals surface area contributed by atoms with Crippen LogP contribution in [0.4, 0.5) is 0 Å². The van der Waals surface area contributed by atoms with Gasteiger partial charge in [0.2, 0.25) is 0 Å². The lowest BCUT2D eigenvalue weighted by Gasteiger charge is -2.18. The molecule has 0 aromatic heterocycles. The molecule has 0 saturated heterocycles. The van der Waals surface area contributed by atoms with Gasteiger partial charge in [-0.15, -0.1) is 0 Å². The van der Waals surface area contributed by atoms with Crippen LogP contribution in [0.15, 0.2) is 60.8 Å². The quantitative estimate of drug-likeness (QED) is 0.0271. The van der Waals surface area contributed by atoms with Crippen molar-refractivity contribution in [2.24, 2.45) is 0 Å². The van der Waals surface area contributed by atoms with E-state index in [4.69, 9.17) is 14.2 Å². The number of unbranched alkanes of at least 4 members (excludes halogenated alkanes) is 17. The Morgan fingerprint density at radius 3 is 1.30 bits per heavy atom. The van der Waals surface area contributed by atoms with Crippen molar-refractivity contribution >= 4 is 17.9 Å². The molecule has 0 aromatic carbocycles. The first-order valence-electron chi connectivity index (χ1n) is 21.8. The number of esters is 3. The number of carbonyl (C=O) groups excluding carboxylic acids is 3. The molecule has 304 valence electrons. The summed E-state index contributed by atoms with van der Waals surface area (Å²) in [6.07, 6.45) is 49.4. The SMILES string of the molecule is CC/C=C\C/C=C\CCCCC(=O)OCC(COC(=O)CC/C=C\C/C=C\CCCCCCCC)OC(=O)CCCCC/C=C\CCCCCCCC. The summed E-state index contributed by atoms with van der Waals surface area (Å²) in [5.74, 6) is -1.04. The molecule has 0 heterocycles. The van der Waals surface area contributed by atoms with E-state index in [1.165, 1.54) is 77.0 Å². The molecular weight excluding hydrogens is 661 g/mol. The van der Waals surface area contributed by atoms with E-state index in [1.54, 1.807) is 0 Å². The predicted octanol–water partition coefficient (Wildman–Crippen LogP) is 13.7. The van der Waals surface area contributed by atoms with E-state index in [9.17, 15) is 14.4 Å². The Hall–Kier alpha value is -2.89. The molecule has 0 aliphatic heterocycles. The van der Waals surface area contributed by atoms with Gasteiger partial charge in [-0.3, -0.25) is 14.4 Å². The Balaban J connectivity index is 4.50. The normalized spacial score (nSPS) is 12.6. The van der Waals surface area contributed by atoms with E-state index in [0.717, 1.165) is 77.0 Å². The zero-order valence-electron chi connectivity index (χ0n) is 34.5. The lowest BCUT2D eigenvalue weighted by Crippen LogP contribution is -2.30. The van der Waals surface area contributed by atoms with E-state index in [2.05, 4.69) is 75.5 Å². The van der Waals surface area contributed by atoms with E-state index in [-0.39, 0.29) is 37.5 Å². The second kappa shape index (κ2) is 41.9. The van der Waals surface area contributed by atoms with Gasteiger partial charge in [0.1, 0.15) is 13.2 Å². The average molecular weight is 741 g/mol. The summed E-state index contributed by atoms with van der Waals surface area (Å²) in [6.45, 7) is 6.37. The molecule has 0 rings (SSSR count). The minimum atomic E-state index is -0.813. The molecule has 0 aliphatic rings. The van der Waals surface area contributed by atoms with Gasteiger partial charge in [0.05, 0.1) is 0 Å². The van der Waals surface area contributed by atoms with Gasteiger partial charge in [0.25, 0.3) is 0 Å². The third-order valence-corrected chi connectivity index (χ3v) is 8.99. The summed E-state index contributed by atoms with van der Waals surface area (Å²) < 4.78 is 16.5. The second-order valence-corrected chi connectivity index (χ2v) is 14.2. The predicted molar refractivity (Wildman–Crippen MR) is 224 cm³/mol. The summed E-state index contributed by atoms with van der Waals surface area (Å²) in [4.78, 5) is 37.5. The highest BCUT2D eigenvalue weighted by atomic mass is 16.6. The zero-order chi connectivity index (χ0) is 38.7. The van der Waals surface area contributed by atoms with Crippen LogP contribution in [0.1, 0.15) is 201 Å². The van der Waals surface area contributed by atoms with Gasteiger partial charge in [0.15, 0.2) is 6.10 Å². The maximum absolute atomic E-state index is 12.7. The van der Waals surface area contributed by atoms with Crippen molar-refractivity contribution in [2.75, 3.05) is 13.2 Å². The number of ether oxygens (including phenoxy) is 3. The fourth-order valence-electron chi connectivity index (χ4n) is 5.70. The molecule has 0 aromatic rings. The summed E-state index contributed by atoms with van der Waals surface area (Å²) in [6, 6.07) is 0. The van der Waals surface area contributed by atoms with Gasteiger partial charge in [-0.25, -0.2) is 0 Å². The minimum absolute atomic E-state index is 0.115. The summed E-state index contributed by atoms with van der Waals surface area (Å²) >= 11 is 0. The van der Waals surface area contributed by atoms with Crippen LogP contribution < -0.4 is 0 Å². The summed E-state index contributed by atoms with van der Waals surface area (Å²) in [7, 11) is 0. The number of allylic oxidation sites excluding steroid dienone is 10. The highest BCUT2D eigenvalue weighted by Gasteiger charge is 2.19. The standard InChI is InChI=1S/C47H80O6/c1-4-7-10-13-16-19-21-23-25-28-31-34-37-40-46(49)52-43-44(42-51-45(48)39-36-33-30-27-18-15-12-9-6-3)53-47(50)41-38-35-32-29-26-24-22-20-17-14-11-8-5-2/h9,12,18,23-27,31,34,44H,4-8,10-11,13-17,19-22,28-30,32-33,35-43H2,1-3H3/b12-9-,25-23-,26-24-,27-18-,34-31-. The molecule has 0 fully saturated rings. The lowest BCUT2D eigenvalue weighted by atomic mass is 10.1. The van der Waals surface area contributed by atoms with E-state index in [1.807, 2.05) is 6.08 Å². The van der Waals surface area contributed by atoms with Crippen molar-refractivity contribution in [2.45, 2.75) is 207 Å². The van der Waals surface area contributed by atoms with Crippen LogP contribution in [0.3, 0.4) is 0 Å². The van der Waals surface area contributed by atoms with Crippen LogP contribution in [0.5, 0.6) is 0 Å². The highest BCUT2D eigenvalue weighted by molar-refractivity contribution is 5.71. The fourth-order valence-corrected chi connectivity index (χ4v) is 5.70. The van der Waals surface area contributed by atoms with Gasteiger partial charge in [-0.1, -0.05) is 152 Å². The number of rotatable bonds is 38. The van der Waals surface area contributed by atoms with Crippen LogP contribution in [0.2, 0.25) is 0 Å². The van der Waals surface area contributed by atoms with Crippen LogP contribution in [-0.2, 0) is 28.6 Å². The van der Waals surface area contributed by atoms with Gasteiger partial charge in [-0.05, 0) is 89.9 Å². The fraction of sp³-hybridized carbons (Fsp3) is 0.723. The van der Waals surface area contributed by atoms with Crippen LogP contribution in [-0.4, -0.2) is 37.2 Å². The Morgan fingerprint density at radius 2 is 0.774 bits per heavy atom. The Kier molecular flexibility index (Phi) is 39.6. The first-order valence-corrected chi connectivity index (χ1v) is 21.8. The van der Waals surface area contributed by atoms with Gasteiger partial charge in [0, 0.05) is 19.3 Å². The van der Waals surface area contributed by atoms with Crippen LogP contribution in [0, 0.1) is 0 Å². The second-order valence-electron chi connectivity index (χ2n) is 14.2. The zero-order valence-corrected chi connectivity index (χ0v) is 34.5. The van der Waals surface area contributed by atoms with Crippen molar-refractivity contribution in [1.82, 2.24) is 0 Å². The van der Waals surface area contributed by atoms with Gasteiger partial charge >= 0.3 is 17.9 Å². The van der Waals surface area contributed by atoms with E-state index < -0.39 is 6.10 Å².